The summed E-state index contributed by atoms with van der Waals surface area (Å²) < 4.78 is 18.5. The molecule has 19 nitrogen and oxygen atoms in total. The lowest BCUT2D eigenvalue weighted by Crippen LogP contribution is -2.51. The van der Waals surface area contributed by atoms with E-state index in [-0.39, 0.29) is 73.1 Å². The highest BCUT2D eigenvalue weighted by Gasteiger charge is 2.51. The lowest BCUT2D eigenvalue weighted by Gasteiger charge is -2.36. The average Bonchev–Trinajstić information content (AvgIpc) is 4.52. The second-order valence-corrected chi connectivity index (χ2v) is 24.6. The molecule has 5 aliphatic heterocycles. The lowest BCUT2D eigenvalue weighted by atomic mass is 9.79. The molecule has 4 unspecified atom stereocenters. The van der Waals surface area contributed by atoms with E-state index in [0.29, 0.717) is 36.2 Å². The molecule has 9 heterocycles. The van der Waals surface area contributed by atoms with Crippen LogP contribution in [0.15, 0.2) is 76.9 Å². The summed E-state index contributed by atoms with van der Waals surface area (Å²) in [6, 6.07) is 19.4. The Balaban J connectivity index is 0.648. The van der Waals surface area contributed by atoms with Crippen LogP contribution in [0, 0.1) is 12.8 Å². The molecule has 0 radical (unpaired) electrons. The van der Waals surface area contributed by atoms with Gasteiger partial charge in [0.2, 0.25) is 11.8 Å². The molecule has 422 valence electrons. The number of phenolic OH excluding ortho intramolecular Hbond substituents is 1. The minimum absolute atomic E-state index is 0.00929. The van der Waals surface area contributed by atoms with Crippen LogP contribution in [0.3, 0.4) is 0 Å². The minimum atomic E-state index is -0.877. The van der Waals surface area contributed by atoms with Gasteiger partial charge in [-0.2, -0.15) is 9.97 Å². The van der Waals surface area contributed by atoms with Crippen LogP contribution in [0.5, 0.6) is 11.8 Å². The number of fused-ring (bicyclic) bond motifs is 7. The first-order valence-corrected chi connectivity index (χ1v) is 29.6. The van der Waals surface area contributed by atoms with Crippen LogP contribution in [-0.2, 0) is 20.9 Å². The van der Waals surface area contributed by atoms with Gasteiger partial charge in [0.1, 0.15) is 48.2 Å². The number of piperazine rings is 1. The molecule has 13 rings (SSSR count). The molecule has 81 heavy (non-hydrogen) atoms. The van der Waals surface area contributed by atoms with E-state index in [4.69, 9.17) is 28.9 Å². The second kappa shape index (κ2) is 21.2. The van der Waals surface area contributed by atoms with Gasteiger partial charge in [0, 0.05) is 73.5 Å². The standard InChI is InChI=1S/C61H69N11O8S/c1-32(2)50(58(76)71-28-44(74)23-48(71)57(75)65-34(4)36-10-12-37(13-11-36)55-35(5)64-31-81-55)49-21-41(69-80-49)24-63-60(77)78-29-42-16-18-61(17-7-19-72(42)61)30-79-59-67-54-47(56(68-59)70-26-39-14-15-40(27-70)66-39)25-62-53-46-22-43(73)20-38-8-6-9-45(52(38)46)33(3)51(53)54/h6,8-13,20-22,25,31-34,39-40,42,44,48,50,66,73-74H,7,14-19,23-24,26-30H2,1-5H3,(H,63,77)(H,65,75)/t33?,34-,39?,40?,42?,44+,48-,50-,61+/m0/s1. The molecule has 0 saturated carbocycles. The Bertz CT molecular complexity index is 3560. The maximum atomic E-state index is 14.4. The molecule has 9 atom stereocenters. The Morgan fingerprint density at radius 1 is 0.988 bits per heavy atom. The minimum Gasteiger partial charge on any atom is -0.508 e. The van der Waals surface area contributed by atoms with E-state index in [9.17, 15) is 24.6 Å². The Kier molecular flexibility index (Phi) is 13.9. The van der Waals surface area contributed by atoms with Crippen molar-refractivity contribution in [3.63, 3.8) is 0 Å². The summed E-state index contributed by atoms with van der Waals surface area (Å²) in [7, 11) is 0. The van der Waals surface area contributed by atoms with Crippen molar-refractivity contribution < 1.29 is 38.6 Å². The number of amides is 3. The molecule has 2 bridgehead atoms. The number of ether oxygens (including phenoxy) is 2. The van der Waals surface area contributed by atoms with Gasteiger partial charge in [-0.3, -0.25) is 19.5 Å². The Hall–Kier alpha value is -7.26. The molecule has 1 aliphatic carbocycles. The Labute approximate surface area is 473 Å². The van der Waals surface area contributed by atoms with Gasteiger partial charge in [0.25, 0.3) is 0 Å². The number of hydrogen-bond donors (Lipinski definition) is 5. The summed E-state index contributed by atoms with van der Waals surface area (Å²) in [6.45, 7) is 13.0. The third-order valence-corrected chi connectivity index (χ3v) is 19.2. The number of phenols is 1. The number of aliphatic hydroxyl groups excluding tert-OH is 1. The van der Waals surface area contributed by atoms with Crippen LogP contribution in [0.4, 0.5) is 10.6 Å². The van der Waals surface area contributed by atoms with Gasteiger partial charge in [-0.1, -0.05) is 68.4 Å². The summed E-state index contributed by atoms with van der Waals surface area (Å²) in [5, 5.41) is 38.5. The van der Waals surface area contributed by atoms with Crippen molar-refractivity contribution in [3.8, 4) is 33.5 Å². The van der Waals surface area contributed by atoms with Crippen LogP contribution < -0.4 is 25.6 Å². The number of anilines is 1. The summed E-state index contributed by atoms with van der Waals surface area (Å²) >= 11 is 1.58. The number of carbonyl (C=O) groups is 3. The fourth-order valence-corrected chi connectivity index (χ4v) is 15.0. The zero-order valence-electron chi connectivity index (χ0n) is 46.4. The number of aliphatic hydroxyl groups is 1. The number of rotatable bonds is 15. The zero-order chi connectivity index (χ0) is 55.8. The molecule has 0 spiro atoms. The normalized spacial score (nSPS) is 24.6. The van der Waals surface area contributed by atoms with Gasteiger partial charge < -0.3 is 50.0 Å². The number of β-amino-alcohol motifs (C(OH)–C–C–N with tert-alkyl or cyclic N) is 1. The number of pyridine rings is 1. The van der Waals surface area contributed by atoms with E-state index >= 15 is 0 Å². The first-order chi connectivity index (χ1) is 39.2. The molecular formula is C61H69N11O8S. The maximum Gasteiger partial charge on any atom is 0.407 e. The van der Waals surface area contributed by atoms with Crippen LogP contribution in [0.25, 0.3) is 43.4 Å². The Morgan fingerprint density at radius 3 is 2.58 bits per heavy atom. The number of aryl methyl sites for hydroxylation is 1. The van der Waals surface area contributed by atoms with E-state index in [1.54, 1.807) is 17.4 Å². The molecule has 4 aromatic heterocycles. The van der Waals surface area contributed by atoms with Gasteiger partial charge in [0.15, 0.2) is 0 Å². The van der Waals surface area contributed by atoms with E-state index in [2.05, 4.69) is 48.9 Å². The van der Waals surface area contributed by atoms with Crippen LogP contribution in [0.1, 0.15) is 124 Å². The third kappa shape index (κ3) is 9.80. The van der Waals surface area contributed by atoms with Crippen molar-refractivity contribution in [3.05, 3.63) is 106 Å². The molecule has 3 aromatic carbocycles. The van der Waals surface area contributed by atoms with Crippen molar-refractivity contribution in [2.45, 2.75) is 140 Å². The number of thiazole rings is 1. The van der Waals surface area contributed by atoms with Crippen LogP contribution in [-0.4, -0.2) is 138 Å². The highest BCUT2D eigenvalue weighted by atomic mass is 32.1. The highest BCUT2D eigenvalue weighted by molar-refractivity contribution is 7.13. The second-order valence-electron chi connectivity index (χ2n) is 23.7. The van der Waals surface area contributed by atoms with Crippen molar-refractivity contribution in [2.24, 2.45) is 5.92 Å². The smallest absolute Gasteiger partial charge is 0.407 e. The first kappa shape index (κ1) is 53.1. The number of likely N-dealkylation sites (tertiary alicyclic amines) is 1. The molecule has 5 saturated heterocycles. The van der Waals surface area contributed by atoms with Gasteiger partial charge in [-0.05, 0) is 104 Å². The van der Waals surface area contributed by atoms with Crippen LogP contribution in [0.2, 0.25) is 0 Å². The zero-order valence-corrected chi connectivity index (χ0v) is 47.2. The number of alkyl carbamates (subject to hydrolysis) is 1. The SMILES string of the molecule is Cc1ncsc1-c1ccc([C@H](C)NC(=O)[C@@H]2C[C@@H](O)CN2C(=O)[C@H](c2cc(CNC(=O)OCC3CC[C@@]4(COc5nc(N6CC7CCC(C6)N7)c6cnc7c(c6n5)C(C)c5cccc6cc(O)cc-7c56)CCCN34)no2)C(C)C)cc1. The van der Waals surface area contributed by atoms with E-state index in [1.165, 1.54) is 10.5 Å². The van der Waals surface area contributed by atoms with Crippen molar-refractivity contribution in [1.82, 2.24) is 50.8 Å². The molecule has 5 N–H and O–H groups in total. The monoisotopic (exact) mass is 1120 g/mol. The molecule has 5 fully saturated rings. The van der Waals surface area contributed by atoms with E-state index < -0.39 is 24.2 Å². The number of hydrogen-bond acceptors (Lipinski definition) is 17. The van der Waals surface area contributed by atoms with Gasteiger partial charge in [0.05, 0.1) is 56.9 Å². The number of carbonyl (C=O) groups excluding carboxylic acids is 3. The van der Waals surface area contributed by atoms with Gasteiger partial charge >= 0.3 is 12.1 Å². The Morgan fingerprint density at radius 2 is 1.80 bits per heavy atom. The summed E-state index contributed by atoms with van der Waals surface area (Å²) in [5.41, 5.74) is 9.58. The lowest BCUT2D eigenvalue weighted by molar-refractivity contribution is -0.141. The number of nitrogens with one attached hydrogen (secondary N) is 3. The van der Waals surface area contributed by atoms with Gasteiger partial charge in [-0.15, -0.1) is 11.3 Å². The van der Waals surface area contributed by atoms with Gasteiger partial charge in [-0.25, -0.2) is 9.78 Å². The number of aromatic nitrogens is 5. The maximum absolute atomic E-state index is 14.4. The summed E-state index contributed by atoms with van der Waals surface area (Å²) in [4.78, 5) is 68.9. The fourth-order valence-electron chi connectivity index (χ4n) is 14.2. The van der Waals surface area contributed by atoms with E-state index in [1.807, 2.05) is 87.9 Å². The molecular weight excluding hydrogens is 1050 g/mol. The largest absolute Gasteiger partial charge is 0.508 e. The van der Waals surface area contributed by atoms with E-state index in [0.717, 1.165) is 124 Å². The van der Waals surface area contributed by atoms with Crippen molar-refractivity contribution in [2.75, 3.05) is 44.3 Å². The number of aromatic hydroxyl groups is 1. The molecule has 3 amide bonds. The number of benzene rings is 3. The fraction of sp³-hybridized carbons (Fsp3) is 0.475. The molecule has 6 aliphatic rings. The summed E-state index contributed by atoms with van der Waals surface area (Å²) in [5.74, 6) is -0.412. The van der Waals surface area contributed by atoms with Crippen LogP contribution >= 0.6 is 11.3 Å². The number of nitrogens with zero attached hydrogens (tertiary/aromatic N) is 8. The quantitative estimate of drug-likeness (QED) is 0.0650. The summed E-state index contributed by atoms with van der Waals surface area (Å²) in [6.07, 6.45) is 6.43. The third-order valence-electron chi connectivity index (χ3n) is 18.2. The predicted octanol–water partition coefficient (Wildman–Crippen LogP) is 8.26. The first-order valence-electron chi connectivity index (χ1n) is 28.7. The molecule has 7 aromatic rings. The predicted molar refractivity (Wildman–Crippen MR) is 306 cm³/mol. The topological polar surface area (TPSA) is 234 Å². The molecule has 20 heteroatoms. The van der Waals surface area contributed by atoms with Crippen molar-refractivity contribution >= 4 is 56.7 Å². The average molecular weight is 1120 g/mol. The van der Waals surface area contributed by atoms with Crippen molar-refractivity contribution in [1.29, 1.82) is 0 Å². The highest BCUT2D eigenvalue weighted by Crippen LogP contribution is 2.49.